The zero-order valence-electron chi connectivity index (χ0n) is 37.8. The lowest BCUT2D eigenvalue weighted by atomic mass is 9.91. The Morgan fingerprint density at radius 3 is 1.71 bits per heavy atom. The molecule has 0 fully saturated rings. The molecule has 0 aliphatic carbocycles. The first-order valence-corrected chi connectivity index (χ1v) is 24.5. The Labute approximate surface area is 408 Å². The Morgan fingerprint density at radius 1 is 0.329 bits per heavy atom. The maximum absolute atomic E-state index is 5.58. The summed E-state index contributed by atoms with van der Waals surface area (Å²) in [5.74, 6) is 0.690. The van der Waals surface area contributed by atoms with Crippen LogP contribution in [0.2, 0.25) is 0 Å². The van der Waals surface area contributed by atoms with Crippen LogP contribution in [0.25, 0.3) is 137 Å². The number of aromatic nitrogens is 4. The van der Waals surface area contributed by atoms with E-state index in [0.29, 0.717) is 5.82 Å². The van der Waals surface area contributed by atoms with E-state index < -0.39 is 0 Å². The van der Waals surface area contributed by atoms with E-state index in [1.165, 1.54) is 58.5 Å². The summed E-state index contributed by atoms with van der Waals surface area (Å²) in [6, 6.07) is 86.7. The monoisotopic (exact) mass is 908 g/mol. The Balaban J connectivity index is 0.989. The second-order valence-corrected chi connectivity index (χ2v) is 19.0. The van der Waals surface area contributed by atoms with E-state index >= 15 is 0 Å². The van der Waals surface area contributed by atoms with Crippen molar-refractivity contribution in [1.29, 1.82) is 0 Å². The van der Waals surface area contributed by atoms with E-state index in [9.17, 15) is 0 Å². The van der Waals surface area contributed by atoms with Gasteiger partial charge < -0.3 is 4.57 Å². The predicted octanol–water partition coefficient (Wildman–Crippen LogP) is 17.6. The molecule has 4 aromatic heterocycles. The summed E-state index contributed by atoms with van der Waals surface area (Å²) in [6.07, 6.45) is 0. The van der Waals surface area contributed by atoms with Crippen molar-refractivity contribution in [3.05, 3.63) is 243 Å². The molecule has 326 valence electrons. The topological polar surface area (TPSA) is 43.6 Å². The Kier molecular flexibility index (Phi) is 9.36. The van der Waals surface area contributed by atoms with Gasteiger partial charge in [-0.2, -0.15) is 0 Å². The van der Waals surface area contributed by atoms with E-state index in [2.05, 4.69) is 229 Å². The number of nitrogens with zero attached hydrogens (tertiary/aromatic N) is 4. The molecule has 0 bridgehead atoms. The van der Waals surface area contributed by atoms with Gasteiger partial charge in [0.1, 0.15) is 0 Å². The highest BCUT2D eigenvalue weighted by Gasteiger charge is 2.22. The highest BCUT2D eigenvalue weighted by molar-refractivity contribution is 7.26. The van der Waals surface area contributed by atoms with Gasteiger partial charge in [0.2, 0.25) is 0 Å². The zero-order chi connectivity index (χ0) is 46.1. The highest BCUT2D eigenvalue weighted by atomic mass is 32.1. The third-order valence-electron chi connectivity index (χ3n) is 13.8. The summed E-state index contributed by atoms with van der Waals surface area (Å²) in [6.45, 7) is 0. The average molecular weight is 909 g/mol. The van der Waals surface area contributed by atoms with Crippen LogP contribution in [0, 0.1) is 0 Å². The molecule has 10 aromatic carbocycles. The maximum atomic E-state index is 5.58. The number of hydrogen-bond acceptors (Lipinski definition) is 4. The second-order valence-electron chi connectivity index (χ2n) is 17.9. The molecule has 0 amide bonds. The molecule has 0 saturated carbocycles. The number of thiophene rings is 1. The van der Waals surface area contributed by atoms with Gasteiger partial charge >= 0.3 is 0 Å². The highest BCUT2D eigenvalue weighted by Crippen LogP contribution is 2.49. The van der Waals surface area contributed by atoms with Crippen LogP contribution in [0.5, 0.6) is 0 Å². The maximum Gasteiger partial charge on any atom is 0.160 e. The smallest absolute Gasteiger partial charge is 0.160 e. The molecular formula is C65H40N4S. The molecule has 0 saturated heterocycles. The second kappa shape index (κ2) is 16.3. The normalized spacial score (nSPS) is 11.7. The molecule has 0 radical (unpaired) electrons. The summed E-state index contributed by atoms with van der Waals surface area (Å²) in [5, 5.41) is 8.42. The molecular weight excluding hydrogens is 869 g/mol. The lowest BCUT2D eigenvalue weighted by Gasteiger charge is -2.15. The first kappa shape index (κ1) is 40.1. The number of fused-ring (bicyclic) bond motifs is 10. The Morgan fingerprint density at radius 2 is 0.914 bits per heavy atom. The van der Waals surface area contributed by atoms with Crippen molar-refractivity contribution in [3.8, 4) is 73.1 Å². The molecule has 14 aromatic rings. The number of pyridine rings is 1. The molecule has 4 heterocycles. The van der Waals surface area contributed by atoms with Crippen molar-refractivity contribution in [3.63, 3.8) is 0 Å². The molecule has 14 rings (SSSR count). The van der Waals surface area contributed by atoms with Gasteiger partial charge in [-0.15, -0.1) is 11.3 Å². The summed E-state index contributed by atoms with van der Waals surface area (Å²) in [4.78, 5) is 16.0. The van der Waals surface area contributed by atoms with E-state index in [4.69, 9.17) is 15.0 Å². The Hall–Kier alpha value is -9.03. The third kappa shape index (κ3) is 6.62. The summed E-state index contributed by atoms with van der Waals surface area (Å²) in [7, 11) is 0. The van der Waals surface area contributed by atoms with Crippen LogP contribution < -0.4 is 0 Å². The molecule has 0 aliphatic rings. The number of benzene rings is 10. The molecule has 0 unspecified atom stereocenters. The largest absolute Gasteiger partial charge is 0.309 e. The molecule has 5 heteroatoms. The van der Waals surface area contributed by atoms with Crippen LogP contribution in [0.1, 0.15) is 0 Å². The minimum absolute atomic E-state index is 0.690. The first-order valence-electron chi connectivity index (χ1n) is 23.7. The SMILES string of the molecule is c1ccc(-c2ccc(-c3cc(-c4cccc(-c5cc6c(-c7ccc8c(c7)c7ccccc7n8-c7ccccc7)nc7ccccc7c6c6c5sc5ccccc56)c4)nc(-c4ccccc4)n3)cc2)cc1. The summed E-state index contributed by atoms with van der Waals surface area (Å²) in [5.41, 5.74) is 15.9. The van der Waals surface area contributed by atoms with Crippen molar-refractivity contribution < 1.29 is 0 Å². The van der Waals surface area contributed by atoms with Crippen molar-refractivity contribution in [2.45, 2.75) is 0 Å². The summed E-state index contributed by atoms with van der Waals surface area (Å²) < 4.78 is 4.88. The zero-order valence-corrected chi connectivity index (χ0v) is 38.6. The van der Waals surface area contributed by atoms with Crippen molar-refractivity contribution in [1.82, 2.24) is 19.5 Å². The molecule has 0 spiro atoms. The molecule has 70 heavy (non-hydrogen) atoms. The average Bonchev–Trinajstić information content (AvgIpc) is 3.99. The lowest BCUT2D eigenvalue weighted by Crippen LogP contribution is -1.96. The first-order chi connectivity index (χ1) is 34.7. The van der Waals surface area contributed by atoms with Crippen molar-refractivity contribution in [2.24, 2.45) is 0 Å². The van der Waals surface area contributed by atoms with Crippen LogP contribution in [-0.4, -0.2) is 19.5 Å². The van der Waals surface area contributed by atoms with Crippen molar-refractivity contribution in [2.75, 3.05) is 0 Å². The van der Waals surface area contributed by atoms with Crippen LogP contribution in [0.4, 0.5) is 0 Å². The van der Waals surface area contributed by atoms with Gasteiger partial charge in [-0.05, 0) is 77.4 Å². The van der Waals surface area contributed by atoms with Crippen molar-refractivity contribution >= 4 is 75.0 Å². The molecule has 0 aliphatic heterocycles. The Bertz CT molecular complexity index is 4330. The minimum Gasteiger partial charge on any atom is -0.309 e. The standard InChI is InChI=1S/C65H40N4S/c1-4-17-41(18-5-1)42-31-33-43(34-32-42)56-40-57(68-65(67-56)44-19-6-2-7-20-44)46-22-16-21-45(37-46)52-39-54-61(62-51-27-12-15-30-60(51)70-64(52)62)50-26-10-13-28-55(50)66-63(54)47-35-36-59-53(38-47)49-25-11-14-29-58(49)69(59)48-23-8-3-9-24-48/h1-40H. The van der Waals surface area contributed by atoms with Gasteiger partial charge in [0.25, 0.3) is 0 Å². The molecule has 0 N–H and O–H groups in total. The third-order valence-corrected chi connectivity index (χ3v) is 15.0. The number of para-hydroxylation sites is 3. The fraction of sp³-hybridized carbons (Fsp3) is 0. The van der Waals surface area contributed by atoms with E-state index in [0.717, 1.165) is 72.4 Å². The quantitative estimate of drug-likeness (QED) is 0.150. The fourth-order valence-corrected chi connectivity index (χ4v) is 11.8. The van der Waals surface area contributed by atoms with Gasteiger partial charge in [0, 0.05) is 80.6 Å². The predicted molar refractivity (Wildman–Crippen MR) is 295 cm³/mol. The van der Waals surface area contributed by atoms with Gasteiger partial charge in [-0.25, -0.2) is 15.0 Å². The van der Waals surface area contributed by atoms with Gasteiger partial charge in [-0.3, -0.25) is 0 Å². The fourth-order valence-electron chi connectivity index (χ4n) is 10.5. The lowest BCUT2D eigenvalue weighted by molar-refractivity contribution is 1.18. The van der Waals surface area contributed by atoms with Crippen LogP contribution in [0.3, 0.4) is 0 Å². The van der Waals surface area contributed by atoms with Gasteiger partial charge in [0.05, 0.1) is 33.6 Å². The van der Waals surface area contributed by atoms with Crippen LogP contribution in [0.15, 0.2) is 243 Å². The van der Waals surface area contributed by atoms with E-state index in [1.54, 1.807) is 0 Å². The van der Waals surface area contributed by atoms with Gasteiger partial charge in [0.15, 0.2) is 5.82 Å². The van der Waals surface area contributed by atoms with Crippen LogP contribution >= 0.6 is 11.3 Å². The van der Waals surface area contributed by atoms with Crippen LogP contribution in [-0.2, 0) is 0 Å². The number of hydrogen-bond donors (Lipinski definition) is 0. The van der Waals surface area contributed by atoms with E-state index in [-0.39, 0.29) is 0 Å². The summed E-state index contributed by atoms with van der Waals surface area (Å²) >= 11 is 1.86. The van der Waals surface area contributed by atoms with E-state index in [1.807, 2.05) is 29.5 Å². The molecule has 0 atom stereocenters. The molecule has 4 nitrogen and oxygen atoms in total. The number of rotatable bonds is 7. The van der Waals surface area contributed by atoms with Gasteiger partial charge in [-0.1, -0.05) is 182 Å². The minimum atomic E-state index is 0.690.